The first-order valence-electron chi connectivity index (χ1n) is 11.5. The molecule has 1 aliphatic heterocycles. The van der Waals surface area contributed by atoms with Crippen molar-refractivity contribution in [2.75, 3.05) is 12.0 Å². The normalized spacial score (nSPS) is 14.0. The molecular weight excluding hydrogens is 486 g/mol. The number of phenols is 1. The maximum absolute atomic E-state index is 13.6. The second-order valence-corrected chi connectivity index (χ2v) is 8.41. The number of hydrogen-bond donors (Lipinski definition) is 2. The molecule has 1 aliphatic rings. The molecule has 0 radical (unpaired) electrons. The molecular formula is C30H21NO7. The first-order valence-corrected chi connectivity index (χ1v) is 11.5. The van der Waals surface area contributed by atoms with Crippen LogP contribution < -0.4 is 4.90 Å². The van der Waals surface area contributed by atoms with Gasteiger partial charge in [0.2, 0.25) is 0 Å². The summed E-state index contributed by atoms with van der Waals surface area (Å²) in [4.78, 5) is 38.3. The van der Waals surface area contributed by atoms with Crippen LogP contribution in [0.5, 0.6) is 5.75 Å². The van der Waals surface area contributed by atoms with Gasteiger partial charge < -0.3 is 19.4 Å². The number of esters is 1. The minimum Gasteiger partial charge on any atom is -0.507 e. The third-order valence-corrected chi connectivity index (χ3v) is 6.04. The molecule has 3 aromatic carbocycles. The Labute approximate surface area is 217 Å². The molecule has 0 atom stereocenters. The number of methoxy groups -OCH3 is 1. The van der Waals surface area contributed by atoms with Crippen LogP contribution in [0.15, 0.2) is 101 Å². The number of carbonyl (C=O) groups is 3. The van der Waals surface area contributed by atoms with Gasteiger partial charge in [-0.15, -0.1) is 0 Å². The van der Waals surface area contributed by atoms with Crippen molar-refractivity contribution in [3.63, 3.8) is 0 Å². The molecule has 2 N–H and O–H groups in total. The molecule has 1 aromatic heterocycles. The third-order valence-electron chi connectivity index (χ3n) is 6.04. The van der Waals surface area contributed by atoms with Gasteiger partial charge in [0.05, 0.1) is 24.1 Å². The molecule has 1 amide bonds. The van der Waals surface area contributed by atoms with E-state index in [9.17, 15) is 24.6 Å². The van der Waals surface area contributed by atoms with E-state index in [1.165, 1.54) is 30.2 Å². The number of ether oxygens (including phenoxy) is 1. The van der Waals surface area contributed by atoms with Crippen molar-refractivity contribution in [3.8, 4) is 17.1 Å². The van der Waals surface area contributed by atoms with Crippen LogP contribution in [0.1, 0.15) is 32.0 Å². The average Bonchev–Trinajstić information content (AvgIpc) is 3.54. The summed E-state index contributed by atoms with van der Waals surface area (Å²) in [5.74, 6) is -1.53. The number of aromatic carboxylic acids is 1. The third kappa shape index (κ3) is 4.58. The van der Waals surface area contributed by atoms with Gasteiger partial charge in [0, 0.05) is 11.1 Å². The largest absolute Gasteiger partial charge is 0.507 e. The SMILES string of the molecule is COC(=O)c1ccc(-c2ccc(/C=C3\C=C(c4ccccc4)N(c4ccc(O)c(C(=O)O)c4)C3=O)o2)cc1. The Kier molecular flexibility index (Phi) is 6.37. The highest BCUT2D eigenvalue weighted by Gasteiger charge is 2.31. The van der Waals surface area contributed by atoms with Gasteiger partial charge in [0.25, 0.3) is 5.91 Å². The Morgan fingerprint density at radius 3 is 2.34 bits per heavy atom. The molecule has 2 heterocycles. The maximum Gasteiger partial charge on any atom is 0.339 e. The smallest absolute Gasteiger partial charge is 0.339 e. The predicted molar refractivity (Wildman–Crippen MR) is 140 cm³/mol. The number of benzene rings is 3. The van der Waals surface area contributed by atoms with Gasteiger partial charge in [-0.2, -0.15) is 0 Å². The van der Waals surface area contributed by atoms with E-state index in [4.69, 9.17) is 9.15 Å². The molecule has 0 spiro atoms. The van der Waals surface area contributed by atoms with Crippen molar-refractivity contribution in [2.24, 2.45) is 0 Å². The summed E-state index contributed by atoms with van der Waals surface area (Å²) >= 11 is 0. The number of furan rings is 1. The molecule has 8 heteroatoms. The molecule has 0 saturated heterocycles. The zero-order valence-electron chi connectivity index (χ0n) is 20.1. The van der Waals surface area contributed by atoms with Crippen molar-refractivity contribution in [3.05, 3.63) is 119 Å². The number of anilines is 1. The lowest BCUT2D eigenvalue weighted by molar-refractivity contribution is -0.113. The number of rotatable bonds is 6. The molecule has 0 unspecified atom stereocenters. The standard InChI is InChI=1S/C30H21NO7/c1-37-30(36)20-9-7-19(8-10-20)27-14-12-23(38-27)15-21-16-25(18-5-3-2-4-6-18)31(28(21)33)22-11-13-26(32)24(17-22)29(34)35/h2-17,32H,1H3,(H,34,35)/b21-15+. The molecule has 0 fully saturated rings. The fourth-order valence-electron chi connectivity index (χ4n) is 4.15. The quantitative estimate of drug-likeness (QED) is 0.257. The predicted octanol–water partition coefficient (Wildman–Crippen LogP) is 5.61. The fraction of sp³-hybridized carbons (Fsp3) is 0.0333. The van der Waals surface area contributed by atoms with Crippen molar-refractivity contribution in [1.82, 2.24) is 0 Å². The second kappa shape index (κ2) is 9.94. The van der Waals surface area contributed by atoms with Gasteiger partial charge in [0.15, 0.2) is 0 Å². The van der Waals surface area contributed by atoms with Crippen LogP contribution in [0.25, 0.3) is 23.1 Å². The van der Waals surface area contributed by atoms with E-state index in [0.717, 1.165) is 11.1 Å². The Hall–Kier alpha value is -5.37. The van der Waals surface area contributed by atoms with Gasteiger partial charge >= 0.3 is 11.9 Å². The van der Waals surface area contributed by atoms with Crippen molar-refractivity contribution in [2.45, 2.75) is 0 Å². The van der Waals surface area contributed by atoms with Gasteiger partial charge in [-0.3, -0.25) is 9.69 Å². The molecule has 188 valence electrons. The van der Waals surface area contributed by atoms with E-state index < -0.39 is 17.7 Å². The Morgan fingerprint density at radius 2 is 1.66 bits per heavy atom. The van der Waals surface area contributed by atoms with Gasteiger partial charge in [0.1, 0.15) is 22.8 Å². The summed E-state index contributed by atoms with van der Waals surface area (Å²) in [5.41, 5.74) is 2.78. The second-order valence-electron chi connectivity index (χ2n) is 8.41. The van der Waals surface area contributed by atoms with Crippen LogP contribution in [-0.2, 0) is 9.53 Å². The molecule has 38 heavy (non-hydrogen) atoms. The highest BCUT2D eigenvalue weighted by Crippen LogP contribution is 2.37. The number of carboxylic acids is 1. The first-order chi connectivity index (χ1) is 18.4. The minimum atomic E-state index is -1.31. The van der Waals surface area contributed by atoms with Crippen LogP contribution in [0.3, 0.4) is 0 Å². The van der Waals surface area contributed by atoms with Crippen molar-refractivity contribution < 1.29 is 33.8 Å². The fourth-order valence-corrected chi connectivity index (χ4v) is 4.15. The Bertz CT molecular complexity index is 1610. The summed E-state index contributed by atoms with van der Waals surface area (Å²) in [6.07, 6.45) is 3.31. The zero-order valence-corrected chi connectivity index (χ0v) is 20.1. The van der Waals surface area contributed by atoms with Crippen LogP contribution in [0.4, 0.5) is 5.69 Å². The summed E-state index contributed by atoms with van der Waals surface area (Å²) in [6, 6.07) is 23.5. The van der Waals surface area contributed by atoms with E-state index in [1.807, 2.05) is 30.3 Å². The lowest BCUT2D eigenvalue weighted by Crippen LogP contribution is -2.25. The van der Waals surface area contributed by atoms with Crippen molar-refractivity contribution >= 4 is 35.3 Å². The summed E-state index contributed by atoms with van der Waals surface area (Å²) in [7, 11) is 1.32. The Balaban J connectivity index is 1.51. The van der Waals surface area contributed by atoms with Gasteiger partial charge in [-0.05, 0) is 60.2 Å². The number of amides is 1. The highest BCUT2D eigenvalue weighted by molar-refractivity contribution is 6.23. The van der Waals surface area contributed by atoms with Crippen LogP contribution in [0.2, 0.25) is 0 Å². The molecule has 8 nitrogen and oxygen atoms in total. The van der Waals surface area contributed by atoms with E-state index in [1.54, 1.807) is 48.6 Å². The average molecular weight is 507 g/mol. The molecule has 0 saturated carbocycles. The molecule has 5 rings (SSSR count). The van der Waals surface area contributed by atoms with E-state index in [0.29, 0.717) is 34.0 Å². The highest BCUT2D eigenvalue weighted by atomic mass is 16.5. The zero-order chi connectivity index (χ0) is 26.8. The summed E-state index contributed by atoms with van der Waals surface area (Å²) < 4.78 is 10.7. The minimum absolute atomic E-state index is 0.300. The van der Waals surface area contributed by atoms with Crippen LogP contribution in [-0.4, -0.2) is 35.2 Å². The van der Waals surface area contributed by atoms with E-state index in [-0.39, 0.29) is 11.5 Å². The van der Waals surface area contributed by atoms with E-state index >= 15 is 0 Å². The Morgan fingerprint density at radius 1 is 0.921 bits per heavy atom. The number of aromatic hydroxyl groups is 1. The number of hydrogen-bond acceptors (Lipinski definition) is 6. The number of carbonyl (C=O) groups excluding carboxylic acids is 2. The van der Waals surface area contributed by atoms with Crippen molar-refractivity contribution in [1.29, 1.82) is 0 Å². The lowest BCUT2D eigenvalue weighted by atomic mass is 10.1. The number of carboxylic acid groups (broad SMARTS) is 1. The summed E-state index contributed by atoms with van der Waals surface area (Å²) in [6.45, 7) is 0. The topological polar surface area (TPSA) is 117 Å². The van der Waals surface area contributed by atoms with Gasteiger partial charge in [-0.25, -0.2) is 9.59 Å². The lowest BCUT2D eigenvalue weighted by Gasteiger charge is -2.21. The maximum atomic E-state index is 13.6. The molecule has 0 aliphatic carbocycles. The van der Waals surface area contributed by atoms with Crippen LogP contribution >= 0.6 is 0 Å². The molecule has 4 aromatic rings. The monoisotopic (exact) mass is 507 g/mol. The first kappa shape index (κ1) is 24.3. The summed E-state index contributed by atoms with van der Waals surface area (Å²) in [5, 5.41) is 19.4. The van der Waals surface area contributed by atoms with Crippen LogP contribution in [0, 0.1) is 0 Å². The van der Waals surface area contributed by atoms with E-state index in [2.05, 4.69) is 0 Å². The molecule has 0 bridgehead atoms. The number of nitrogens with zero attached hydrogens (tertiary/aromatic N) is 1. The van der Waals surface area contributed by atoms with Gasteiger partial charge in [-0.1, -0.05) is 42.5 Å².